The van der Waals surface area contributed by atoms with E-state index in [-0.39, 0.29) is 0 Å². The molecule has 1 N–H and O–H groups in total. The molecular weight excluding hydrogens is 266 g/mol. The van der Waals surface area contributed by atoms with E-state index in [0.717, 1.165) is 16.9 Å². The van der Waals surface area contributed by atoms with Gasteiger partial charge in [-0.3, -0.25) is 9.69 Å². The summed E-state index contributed by atoms with van der Waals surface area (Å²) < 4.78 is 5.33. The van der Waals surface area contributed by atoms with Crippen molar-refractivity contribution in [3.63, 3.8) is 0 Å². The first-order valence-electron chi connectivity index (χ1n) is 5.97. The number of carboxylic acid groups (broad SMARTS) is 1. The zero-order valence-corrected chi connectivity index (χ0v) is 11.2. The molecule has 7 heteroatoms. The summed E-state index contributed by atoms with van der Waals surface area (Å²) in [6, 6.07) is 1.27. The number of hydrogen-bond donors (Lipinski definition) is 1. The van der Waals surface area contributed by atoms with Gasteiger partial charge in [0.2, 0.25) is 11.8 Å². The van der Waals surface area contributed by atoms with Crippen LogP contribution in [-0.4, -0.2) is 32.7 Å². The van der Waals surface area contributed by atoms with Gasteiger partial charge in [-0.1, -0.05) is 0 Å². The monoisotopic (exact) mass is 279 g/mol. The molecule has 6 nitrogen and oxygen atoms in total. The van der Waals surface area contributed by atoms with E-state index in [9.17, 15) is 9.90 Å². The highest BCUT2D eigenvalue weighted by Gasteiger charge is 2.34. The minimum absolute atomic E-state index is 0.368. The molecule has 0 spiro atoms. The first-order valence-corrected chi connectivity index (χ1v) is 6.85. The van der Waals surface area contributed by atoms with E-state index in [1.165, 1.54) is 0 Å². The van der Waals surface area contributed by atoms with Gasteiger partial charge in [0.1, 0.15) is 6.04 Å². The number of carbonyl (C=O) groups is 1. The molecule has 100 valence electrons. The van der Waals surface area contributed by atoms with Gasteiger partial charge in [0, 0.05) is 18.3 Å². The van der Waals surface area contributed by atoms with Gasteiger partial charge in [0.25, 0.3) is 0 Å². The maximum Gasteiger partial charge on any atom is 0.325 e. The van der Waals surface area contributed by atoms with Gasteiger partial charge in [-0.25, -0.2) is 0 Å². The van der Waals surface area contributed by atoms with Crippen molar-refractivity contribution in [3.05, 3.63) is 33.7 Å². The molecule has 1 atom stereocenters. The molecule has 0 aromatic carbocycles. The second-order valence-corrected chi connectivity index (χ2v) is 5.48. The first kappa shape index (κ1) is 12.3. The highest BCUT2D eigenvalue weighted by atomic mass is 32.1. The third-order valence-electron chi connectivity index (χ3n) is 3.21. The van der Waals surface area contributed by atoms with Gasteiger partial charge in [-0.05, 0) is 23.4 Å². The molecule has 1 unspecified atom stereocenters. The number of aromatic nitrogens is 2. The number of aliphatic carboxylic acids is 1. The molecule has 0 saturated carbocycles. The fourth-order valence-electron chi connectivity index (χ4n) is 2.40. The Balaban J connectivity index is 1.87. The fourth-order valence-corrected chi connectivity index (χ4v) is 3.31. The molecule has 0 bridgehead atoms. The lowest BCUT2D eigenvalue weighted by molar-refractivity contribution is -0.144. The van der Waals surface area contributed by atoms with Crippen molar-refractivity contribution in [2.24, 2.45) is 0 Å². The van der Waals surface area contributed by atoms with Gasteiger partial charge in [-0.15, -0.1) is 21.5 Å². The molecule has 0 saturated heterocycles. The second kappa shape index (κ2) is 4.75. The van der Waals surface area contributed by atoms with E-state index in [1.54, 1.807) is 18.3 Å². The average Bonchev–Trinajstić information content (AvgIpc) is 2.97. The van der Waals surface area contributed by atoms with Crippen LogP contribution < -0.4 is 0 Å². The summed E-state index contributed by atoms with van der Waals surface area (Å²) in [7, 11) is 0. The Bertz CT molecular complexity index is 607. The summed E-state index contributed by atoms with van der Waals surface area (Å²) in [5, 5.41) is 19.1. The Kier molecular flexibility index (Phi) is 3.08. The van der Waals surface area contributed by atoms with E-state index in [1.807, 2.05) is 16.3 Å². The van der Waals surface area contributed by atoms with E-state index < -0.39 is 12.0 Å². The van der Waals surface area contributed by atoms with Crippen LogP contribution in [0.4, 0.5) is 0 Å². The number of fused-ring (bicyclic) bond motifs is 1. The quantitative estimate of drug-likeness (QED) is 0.919. The van der Waals surface area contributed by atoms with E-state index in [2.05, 4.69) is 10.2 Å². The number of hydrogen-bond acceptors (Lipinski definition) is 6. The number of carboxylic acids is 1. The van der Waals surface area contributed by atoms with Crippen molar-refractivity contribution in [2.45, 2.75) is 25.9 Å². The van der Waals surface area contributed by atoms with Gasteiger partial charge in [-0.2, -0.15) is 0 Å². The zero-order chi connectivity index (χ0) is 13.4. The van der Waals surface area contributed by atoms with Crippen molar-refractivity contribution < 1.29 is 14.3 Å². The summed E-state index contributed by atoms with van der Waals surface area (Å²) in [5.74, 6) is 0.119. The molecule has 19 heavy (non-hydrogen) atoms. The predicted molar refractivity (Wildman–Crippen MR) is 67.8 cm³/mol. The molecule has 0 amide bonds. The van der Waals surface area contributed by atoms with Crippen molar-refractivity contribution >= 4 is 17.3 Å². The first-order chi connectivity index (χ1) is 9.15. The zero-order valence-electron chi connectivity index (χ0n) is 10.4. The largest absolute Gasteiger partial charge is 0.480 e. The van der Waals surface area contributed by atoms with Crippen LogP contribution in [0.1, 0.15) is 28.3 Å². The SMILES string of the molecule is Cc1nnc(CN2CCc3sccc3C2C(=O)O)o1. The molecule has 3 heterocycles. The Morgan fingerprint density at radius 1 is 1.63 bits per heavy atom. The minimum Gasteiger partial charge on any atom is -0.480 e. The van der Waals surface area contributed by atoms with Gasteiger partial charge in [0.05, 0.1) is 6.54 Å². The number of nitrogens with zero attached hydrogens (tertiary/aromatic N) is 3. The standard InChI is InChI=1S/C12H13N3O3S/c1-7-13-14-10(18-7)6-15-4-2-9-8(3-5-19-9)11(15)12(16)17/h3,5,11H,2,4,6H2,1H3,(H,16,17). The van der Waals surface area contributed by atoms with Crippen LogP contribution in [0.3, 0.4) is 0 Å². The number of aryl methyl sites for hydroxylation is 1. The van der Waals surface area contributed by atoms with Crippen molar-refractivity contribution in [1.82, 2.24) is 15.1 Å². The van der Waals surface area contributed by atoms with Crippen LogP contribution in [0.15, 0.2) is 15.9 Å². The molecular formula is C12H13N3O3S. The van der Waals surface area contributed by atoms with Crippen molar-refractivity contribution in [1.29, 1.82) is 0 Å². The maximum absolute atomic E-state index is 11.5. The van der Waals surface area contributed by atoms with Gasteiger partial charge in [0.15, 0.2) is 0 Å². The molecule has 2 aromatic heterocycles. The summed E-state index contributed by atoms with van der Waals surface area (Å²) in [4.78, 5) is 14.5. The van der Waals surface area contributed by atoms with Crippen LogP contribution >= 0.6 is 11.3 Å². The van der Waals surface area contributed by atoms with Gasteiger partial charge < -0.3 is 9.52 Å². The van der Waals surface area contributed by atoms with Crippen LogP contribution in [0.2, 0.25) is 0 Å². The summed E-state index contributed by atoms with van der Waals surface area (Å²) in [5.41, 5.74) is 0.889. The number of rotatable bonds is 3. The predicted octanol–water partition coefficient (Wildman–Crippen LogP) is 1.62. The van der Waals surface area contributed by atoms with Crippen molar-refractivity contribution in [3.8, 4) is 0 Å². The molecule has 2 aromatic rings. The third kappa shape index (κ3) is 2.26. The Labute approximate surface area is 113 Å². The lowest BCUT2D eigenvalue weighted by Gasteiger charge is -2.31. The summed E-state index contributed by atoms with van der Waals surface area (Å²) in [6.45, 7) is 2.78. The average molecular weight is 279 g/mol. The smallest absolute Gasteiger partial charge is 0.325 e. The maximum atomic E-state index is 11.5. The minimum atomic E-state index is -0.837. The fraction of sp³-hybridized carbons (Fsp3) is 0.417. The number of thiophene rings is 1. The lowest BCUT2D eigenvalue weighted by atomic mass is 10.0. The molecule has 0 aliphatic carbocycles. The molecule has 0 fully saturated rings. The molecule has 1 aliphatic rings. The van der Waals surface area contributed by atoms with E-state index in [0.29, 0.717) is 24.9 Å². The Morgan fingerprint density at radius 2 is 2.47 bits per heavy atom. The lowest BCUT2D eigenvalue weighted by Crippen LogP contribution is -2.38. The second-order valence-electron chi connectivity index (χ2n) is 4.48. The van der Waals surface area contributed by atoms with Crippen LogP contribution in [0.25, 0.3) is 0 Å². The van der Waals surface area contributed by atoms with E-state index >= 15 is 0 Å². The van der Waals surface area contributed by atoms with Crippen LogP contribution in [-0.2, 0) is 17.8 Å². The third-order valence-corrected chi connectivity index (χ3v) is 4.20. The summed E-state index contributed by atoms with van der Waals surface area (Å²) in [6.07, 6.45) is 0.865. The molecule has 0 radical (unpaired) electrons. The normalized spacial score (nSPS) is 19.3. The summed E-state index contributed by atoms with van der Waals surface area (Å²) >= 11 is 1.62. The van der Waals surface area contributed by atoms with E-state index in [4.69, 9.17) is 4.42 Å². The van der Waals surface area contributed by atoms with Crippen LogP contribution in [0.5, 0.6) is 0 Å². The molecule has 1 aliphatic heterocycles. The van der Waals surface area contributed by atoms with Gasteiger partial charge >= 0.3 is 5.97 Å². The molecule has 3 rings (SSSR count). The highest BCUT2D eigenvalue weighted by molar-refractivity contribution is 7.10. The Hall–Kier alpha value is -1.73. The Morgan fingerprint density at radius 3 is 3.16 bits per heavy atom. The van der Waals surface area contributed by atoms with Crippen LogP contribution in [0, 0.1) is 6.92 Å². The highest BCUT2D eigenvalue weighted by Crippen LogP contribution is 2.34. The van der Waals surface area contributed by atoms with Crippen molar-refractivity contribution in [2.75, 3.05) is 6.54 Å². The topological polar surface area (TPSA) is 79.5 Å².